The fourth-order valence-electron chi connectivity index (χ4n) is 1.26. The smallest absolute Gasteiger partial charge is 0.0600 e. The second kappa shape index (κ2) is 6.98. The highest BCUT2D eigenvalue weighted by Crippen LogP contribution is 2.34. The summed E-state index contributed by atoms with van der Waals surface area (Å²) in [5.41, 5.74) is 0. The Morgan fingerprint density at radius 2 is 1.86 bits per heavy atom. The molecule has 14 heavy (non-hydrogen) atoms. The van der Waals surface area contributed by atoms with Gasteiger partial charge in [-0.25, -0.2) is 0 Å². The Hall–Kier alpha value is -0.390. The minimum absolute atomic E-state index is 0.365. The Kier molecular flexibility index (Phi) is 5.82. The molecule has 1 atom stereocenters. The lowest BCUT2D eigenvalue weighted by atomic mass is 10.4. The van der Waals surface area contributed by atoms with E-state index in [4.69, 9.17) is 4.52 Å². The van der Waals surface area contributed by atoms with Gasteiger partial charge in [0.25, 0.3) is 0 Å². The summed E-state index contributed by atoms with van der Waals surface area (Å²) in [6.45, 7) is 5.30. The van der Waals surface area contributed by atoms with E-state index in [2.05, 4.69) is 44.2 Å². The number of hydrogen-bond acceptors (Lipinski definition) is 1. The van der Waals surface area contributed by atoms with Gasteiger partial charge < -0.3 is 4.52 Å². The quantitative estimate of drug-likeness (QED) is 0.515. The molecule has 78 valence electrons. The molecule has 0 aliphatic carbocycles. The van der Waals surface area contributed by atoms with Crippen molar-refractivity contribution in [3.63, 3.8) is 0 Å². The van der Waals surface area contributed by atoms with Gasteiger partial charge in [0.05, 0.1) is 14.8 Å². The normalized spacial score (nSPS) is 12.7. The Labute approximate surface area is 88.3 Å². The van der Waals surface area contributed by atoms with Crippen molar-refractivity contribution in [3.8, 4) is 0 Å². The Morgan fingerprint density at radius 1 is 1.14 bits per heavy atom. The number of benzene rings is 1. The van der Waals surface area contributed by atoms with Crippen molar-refractivity contribution in [2.75, 3.05) is 12.8 Å². The first kappa shape index (κ1) is 11.7. The van der Waals surface area contributed by atoms with E-state index in [1.165, 1.54) is 18.1 Å². The summed E-state index contributed by atoms with van der Waals surface area (Å²) >= 11 is 0. The third kappa shape index (κ3) is 3.77. The first-order chi connectivity index (χ1) is 6.88. The van der Waals surface area contributed by atoms with Gasteiger partial charge in [-0.15, -0.1) is 0 Å². The minimum atomic E-state index is -0.365. The molecule has 0 amide bonds. The Bertz CT molecular complexity index is 235. The van der Waals surface area contributed by atoms with E-state index in [0.717, 1.165) is 12.8 Å². The molecule has 0 radical (unpaired) electrons. The number of hydrogen-bond donors (Lipinski definition) is 0. The lowest BCUT2D eigenvalue weighted by molar-refractivity contribution is 0.346. The van der Waals surface area contributed by atoms with Crippen molar-refractivity contribution < 1.29 is 4.52 Å². The van der Waals surface area contributed by atoms with Crippen molar-refractivity contribution in [1.29, 1.82) is 0 Å². The fourth-order valence-corrected chi connectivity index (χ4v) is 2.81. The van der Waals surface area contributed by atoms with Crippen molar-refractivity contribution in [1.82, 2.24) is 0 Å². The average Bonchev–Trinajstić information content (AvgIpc) is 2.26. The number of unbranched alkanes of at least 4 members (excludes halogenated alkanes) is 1. The van der Waals surface area contributed by atoms with Gasteiger partial charge in [0.2, 0.25) is 0 Å². The average molecular weight is 210 g/mol. The lowest BCUT2D eigenvalue weighted by Gasteiger charge is -2.15. The van der Waals surface area contributed by atoms with Gasteiger partial charge in [-0.2, -0.15) is 0 Å². The SMILES string of the molecule is CCCCOP(CC)c1ccccc1. The van der Waals surface area contributed by atoms with Crippen molar-refractivity contribution in [3.05, 3.63) is 30.3 Å². The molecule has 0 aliphatic heterocycles. The van der Waals surface area contributed by atoms with Gasteiger partial charge in [-0.05, 0) is 12.6 Å². The van der Waals surface area contributed by atoms with Crippen LogP contribution in [0.1, 0.15) is 26.7 Å². The van der Waals surface area contributed by atoms with Crippen LogP contribution < -0.4 is 5.30 Å². The molecule has 1 unspecified atom stereocenters. The van der Waals surface area contributed by atoms with E-state index in [0.29, 0.717) is 0 Å². The van der Waals surface area contributed by atoms with Crippen LogP contribution in [-0.2, 0) is 4.52 Å². The lowest BCUT2D eigenvalue weighted by Crippen LogP contribution is -2.04. The molecular formula is C12H19OP. The number of rotatable bonds is 6. The summed E-state index contributed by atoms with van der Waals surface area (Å²) in [5.74, 6) is 0. The van der Waals surface area contributed by atoms with Gasteiger partial charge in [0.15, 0.2) is 0 Å². The maximum Gasteiger partial charge on any atom is 0.0600 e. The van der Waals surface area contributed by atoms with Crippen LogP contribution in [-0.4, -0.2) is 12.8 Å². The van der Waals surface area contributed by atoms with Crippen LogP contribution in [0.25, 0.3) is 0 Å². The van der Waals surface area contributed by atoms with Gasteiger partial charge in [-0.1, -0.05) is 50.6 Å². The fraction of sp³-hybridized carbons (Fsp3) is 0.500. The molecule has 2 heteroatoms. The monoisotopic (exact) mass is 210 g/mol. The van der Waals surface area contributed by atoms with E-state index < -0.39 is 0 Å². The summed E-state index contributed by atoms with van der Waals surface area (Å²) in [5, 5.41) is 1.36. The van der Waals surface area contributed by atoms with Crippen molar-refractivity contribution >= 4 is 13.5 Å². The van der Waals surface area contributed by atoms with Crippen LogP contribution in [0.5, 0.6) is 0 Å². The summed E-state index contributed by atoms with van der Waals surface area (Å²) in [7, 11) is -0.365. The zero-order chi connectivity index (χ0) is 10.2. The second-order valence-electron chi connectivity index (χ2n) is 3.22. The van der Waals surface area contributed by atoms with Crippen molar-refractivity contribution in [2.24, 2.45) is 0 Å². The van der Waals surface area contributed by atoms with Crippen LogP contribution in [0.2, 0.25) is 0 Å². The van der Waals surface area contributed by atoms with Crippen LogP contribution in [0.15, 0.2) is 30.3 Å². The van der Waals surface area contributed by atoms with Gasteiger partial charge >= 0.3 is 0 Å². The molecule has 0 spiro atoms. The van der Waals surface area contributed by atoms with E-state index in [9.17, 15) is 0 Å². The molecule has 1 rings (SSSR count). The highest BCUT2D eigenvalue weighted by atomic mass is 31.1. The zero-order valence-corrected chi connectivity index (χ0v) is 9.97. The molecule has 0 aromatic heterocycles. The Morgan fingerprint density at radius 3 is 2.43 bits per heavy atom. The van der Waals surface area contributed by atoms with Crippen molar-refractivity contribution in [2.45, 2.75) is 26.7 Å². The van der Waals surface area contributed by atoms with Crippen LogP contribution >= 0.6 is 8.15 Å². The predicted octanol–water partition coefficient (Wildman–Crippen LogP) is 3.55. The third-order valence-corrected chi connectivity index (χ3v) is 4.02. The molecule has 0 fully saturated rings. The molecule has 0 N–H and O–H groups in total. The van der Waals surface area contributed by atoms with Crippen LogP contribution in [0.3, 0.4) is 0 Å². The van der Waals surface area contributed by atoms with E-state index in [1.807, 2.05) is 0 Å². The maximum atomic E-state index is 5.88. The first-order valence-electron chi connectivity index (χ1n) is 5.34. The van der Waals surface area contributed by atoms with Gasteiger partial charge in [0.1, 0.15) is 0 Å². The molecule has 0 heterocycles. The second-order valence-corrected chi connectivity index (χ2v) is 5.38. The van der Waals surface area contributed by atoms with Crippen LogP contribution in [0.4, 0.5) is 0 Å². The summed E-state index contributed by atoms with van der Waals surface area (Å²) in [6, 6.07) is 10.6. The maximum absolute atomic E-state index is 5.88. The molecule has 0 aliphatic rings. The van der Waals surface area contributed by atoms with Gasteiger partial charge in [-0.3, -0.25) is 0 Å². The predicted molar refractivity (Wildman–Crippen MR) is 64.4 cm³/mol. The largest absolute Gasteiger partial charge is 0.354 e. The molecule has 1 aromatic carbocycles. The first-order valence-corrected chi connectivity index (χ1v) is 6.78. The summed E-state index contributed by atoms with van der Waals surface area (Å²) in [6.07, 6.45) is 3.50. The van der Waals surface area contributed by atoms with E-state index in [-0.39, 0.29) is 8.15 Å². The van der Waals surface area contributed by atoms with E-state index >= 15 is 0 Å². The topological polar surface area (TPSA) is 9.23 Å². The zero-order valence-electron chi connectivity index (χ0n) is 9.07. The standard InChI is InChI=1S/C12H19OP/c1-3-5-11-13-14(4-2)12-9-7-6-8-10-12/h6-10H,3-5,11H2,1-2H3. The molecular weight excluding hydrogens is 191 g/mol. The third-order valence-electron chi connectivity index (χ3n) is 2.08. The Balaban J connectivity index is 2.46. The summed E-state index contributed by atoms with van der Waals surface area (Å²) < 4.78 is 5.88. The highest BCUT2D eigenvalue weighted by molar-refractivity contribution is 7.60. The highest BCUT2D eigenvalue weighted by Gasteiger charge is 2.07. The minimum Gasteiger partial charge on any atom is -0.354 e. The molecule has 0 saturated heterocycles. The molecule has 1 aromatic rings. The molecule has 0 bridgehead atoms. The molecule has 1 nitrogen and oxygen atoms in total. The molecule has 0 saturated carbocycles. The summed E-state index contributed by atoms with van der Waals surface area (Å²) in [4.78, 5) is 0. The van der Waals surface area contributed by atoms with Crippen LogP contribution in [0, 0.1) is 0 Å². The van der Waals surface area contributed by atoms with E-state index in [1.54, 1.807) is 0 Å². The van der Waals surface area contributed by atoms with Gasteiger partial charge in [0, 0.05) is 5.30 Å².